The number of hydrogen-bond acceptors (Lipinski definition) is 6. The summed E-state index contributed by atoms with van der Waals surface area (Å²) in [5, 5.41) is 9.50. The minimum absolute atomic E-state index is 0.0306. The molecule has 3 aromatic rings. The van der Waals surface area contributed by atoms with E-state index in [1.54, 1.807) is 11.0 Å². The van der Waals surface area contributed by atoms with Gasteiger partial charge in [0.2, 0.25) is 4.34 Å². The first kappa shape index (κ1) is 22.2. The SMILES string of the molecule is NS(=O)(=O)c1nc(C(=O)N2CCc3cc(Nc4ccc(C(F)(F)F)cc4)ccc3C2)cs1. The first-order chi connectivity index (χ1) is 15.0. The van der Waals surface area contributed by atoms with Gasteiger partial charge in [0, 0.05) is 29.8 Å². The van der Waals surface area contributed by atoms with Crippen LogP contribution in [0.15, 0.2) is 52.2 Å². The first-order valence-electron chi connectivity index (χ1n) is 9.34. The van der Waals surface area contributed by atoms with Crippen LogP contribution in [0.4, 0.5) is 24.5 Å². The Hall–Kier alpha value is -2.96. The van der Waals surface area contributed by atoms with E-state index in [1.807, 2.05) is 12.1 Å². The van der Waals surface area contributed by atoms with E-state index in [1.165, 1.54) is 17.5 Å². The fraction of sp³-hybridized carbons (Fsp3) is 0.200. The number of halogens is 3. The fourth-order valence-electron chi connectivity index (χ4n) is 3.36. The van der Waals surface area contributed by atoms with Gasteiger partial charge in [-0.2, -0.15) is 13.2 Å². The molecule has 0 atom stereocenters. The number of thiazole rings is 1. The highest BCUT2D eigenvalue weighted by Gasteiger charge is 2.30. The molecule has 0 unspecified atom stereocenters. The molecule has 0 saturated heterocycles. The van der Waals surface area contributed by atoms with E-state index >= 15 is 0 Å². The zero-order valence-electron chi connectivity index (χ0n) is 16.4. The van der Waals surface area contributed by atoms with E-state index in [0.717, 1.165) is 40.3 Å². The summed E-state index contributed by atoms with van der Waals surface area (Å²) in [5.41, 5.74) is 2.50. The Morgan fingerprint density at radius 3 is 2.41 bits per heavy atom. The highest BCUT2D eigenvalue weighted by Crippen LogP contribution is 2.31. The number of carbonyl (C=O) groups is 1. The molecule has 4 rings (SSSR count). The van der Waals surface area contributed by atoms with Crippen molar-refractivity contribution in [1.29, 1.82) is 0 Å². The number of anilines is 2. The number of nitrogens with one attached hydrogen (secondary N) is 1. The molecule has 2 heterocycles. The number of carbonyl (C=O) groups excluding carboxylic acids is 1. The van der Waals surface area contributed by atoms with Gasteiger partial charge in [-0.25, -0.2) is 18.5 Å². The maximum absolute atomic E-state index is 12.7. The number of alkyl halides is 3. The van der Waals surface area contributed by atoms with Crippen molar-refractivity contribution in [3.8, 4) is 0 Å². The molecule has 7 nitrogen and oxygen atoms in total. The standard InChI is InChI=1S/C20H17F3N4O3S2/c21-20(22,23)14-2-5-15(6-3-14)25-16-4-1-13-10-27(8-7-12(13)9-16)18(28)17-11-31-19(26-17)32(24,29)30/h1-6,9,11,25H,7-8,10H2,(H2,24,29,30). The Kier molecular flexibility index (Phi) is 5.69. The zero-order chi connectivity index (χ0) is 23.1. The number of hydrogen-bond donors (Lipinski definition) is 2. The highest BCUT2D eigenvalue weighted by atomic mass is 32.2. The number of benzene rings is 2. The molecule has 0 radical (unpaired) electrons. The molecule has 0 saturated carbocycles. The lowest BCUT2D eigenvalue weighted by Crippen LogP contribution is -2.36. The van der Waals surface area contributed by atoms with Crippen LogP contribution in [0.25, 0.3) is 0 Å². The average Bonchev–Trinajstić information content (AvgIpc) is 3.23. The molecular weight excluding hydrogens is 465 g/mol. The van der Waals surface area contributed by atoms with Gasteiger partial charge in [-0.1, -0.05) is 6.07 Å². The van der Waals surface area contributed by atoms with E-state index in [2.05, 4.69) is 10.3 Å². The van der Waals surface area contributed by atoms with Gasteiger partial charge in [0.1, 0.15) is 5.69 Å². The Morgan fingerprint density at radius 2 is 1.78 bits per heavy atom. The van der Waals surface area contributed by atoms with Crippen LogP contribution in [0.5, 0.6) is 0 Å². The molecule has 0 spiro atoms. The van der Waals surface area contributed by atoms with Crippen molar-refractivity contribution in [3.63, 3.8) is 0 Å². The van der Waals surface area contributed by atoms with Gasteiger partial charge < -0.3 is 10.2 Å². The van der Waals surface area contributed by atoms with Crippen LogP contribution < -0.4 is 10.5 Å². The molecule has 32 heavy (non-hydrogen) atoms. The van der Waals surface area contributed by atoms with Crippen molar-refractivity contribution < 1.29 is 26.4 Å². The molecule has 2 aromatic carbocycles. The number of nitrogens with two attached hydrogens (primary N) is 1. The number of sulfonamides is 1. The normalized spacial score (nSPS) is 14.2. The number of primary sulfonamides is 1. The molecule has 1 amide bonds. The summed E-state index contributed by atoms with van der Waals surface area (Å²) in [6.45, 7) is 0.745. The van der Waals surface area contributed by atoms with Gasteiger partial charge in [0.25, 0.3) is 15.9 Å². The van der Waals surface area contributed by atoms with Crippen LogP contribution in [0.1, 0.15) is 27.2 Å². The zero-order valence-corrected chi connectivity index (χ0v) is 18.0. The Bertz CT molecular complexity index is 1270. The van der Waals surface area contributed by atoms with E-state index in [0.29, 0.717) is 25.2 Å². The summed E-state index contributed by atoms with van der Waals surface area (Å²) in [7, 11) is -3.96. The quantitative estimate of drug-likeness (QED) is 0.589. The predicted octanol–water partition coefficient (Wildman–Crippen LogP) is 3.75. The van der Waals surface area contributed by atoms with E-state index in [9.17, 15) is 26.4 Å². The second-order valence-corrected chi connectivity index (χ2v) is 9.80. The Balaban J connectivity index is 1.45. The average molecular weight is 483 g/mol. The lowest BCUT2D eigenvalue weighted by molar-refractivity contribution is -0.137. The van der Waals surface area contributed by atoms with Crippen LogP contribution in [-0.4, -0.2) is 30.8 Å². The molecule has 1 aromatic heterocycles. The molecule has 12 heteroatoms. The van der Waals surface area contributed by atoms with E-state index < -0.39 is 21.8 Å². The largest absolute Gasteiger partial charge is 0.416 e. The molecule has 0 fully saturated rings. The summed E-state index contributed by atoms with van der Waals surface area (Å²) < 4.78 is 60.5. The number of rotatable bonds is 4. The van der Waals surface area contributed by atoms with Crippen molar-refractivity contribution in [2.75, 3.05) is 11.9 Å². The topological polar surface area (TPSA) is 105 Å². The molecule has 0 aliphatic carbocycles. The first-order valence-corrected chi connectivity index (χ1v) is 11.8. The summed E-state index contributed by atoms with van der Waals surface area (Å²) in [4.78, 5) is 18.1. The van der Waals surface area contributed by atoms with Crippen LogP contribution in [0.2, 0.25) is 0 Å². The molecular formula is C20H17F3N4O3S2. The fourth-order valence-corrected chi connectivity index (χ4v) is 4.78. The van der Waals surface area contributed by atoms with E-state index in [-0.39, 0.29) is 15.9 Å². The third-order valence-corrected chi connectivity index (χ3v) is 7.15. The summed E-state index contributed by atoms with van der Waals surface area (Å²) in [6, 6.07) is 10.3. The Morgan fingerprint density at radius 1 is 1.09 bits per heavy atom. The summed E-state index contributed by atoms with van der Waals surface area (Å²) in [6.07, 6.45) is -3.82. The van der Waals surface area contributed by atoms with Gasteiger partial charge in [0.15, 0.2) is 0 Å². The van der Waals surface area contributed by atoms with Gasteiger partial charge in [-0.15, -0.1) is 11.3 Å². The predicted molar refractivity (Wildman–Crippen MR) is 113 cm³/mol. The van der Waals surface area contributed by atoms with Crippen LogP contribution in [-0.2, 0) is 29.2 Å². The summed E-state index contributed by atoms with van der Waals surface area (Å²) in [5.74, 6) is -0.381. The smallest absolute Gasteiger partial charge is 0.356 e. The Labute approximate surface area is 185 Å². The van der Waals surface area contributed by atoms with Gasteiger partial charge in [-0.05, 0) is 53.9 Å². The summed E-state index contributed by atoms with van der Waals surface area (Å²) >= 11 is 0.797. The van der Waals surface area contributed by atoms with E-state index in [4.69, 9.17) is 5.14 Å². The second kappa shape index (κ2) is 8.19. The maximum atomic E-state index is 12.7. The molecule has 1 aliphatic heterocycles. The minimum atomic E-state index is -4.38. The number of amides is 1. The molecule has 168 valence electrons. The van der Waals surface area contributed by atoms with Crippen LogP contribution in [0.3, 0.4) is 0 Å². The van der Waals surface area contributed by atoms with Crippen molar-refractivity contribution in [2.45, 2.75) is 23.5 Å². The van der Waals surface area contributed by atoms with Gasteiger partial charge >= 0.3 is 6.18 Å². The monoisotopic (exact) mass is 482 g/mol. The third-order valence-electron chi connectivity index (χ3n) is 4.95. The number of nitrogens with zero attached hydrogens (tertiary/aromatic N) is 2. The maximum Gasteiger partial charge on any atom is 0.416 e. The molecule has 3 N–H and O–H groups in total. The second-order valence-electron chi connectivity index (χ2n) is 7.20. The van der Waals surface area contributed by atoms with Crippen molar-refractivity contribution in [3.05, 3.63) is 70.2 Å². The van der Waals surface area contributed by atoms with Crippen LogP contribution >= 0.6 is 11.3 Å². The van der Waals surface area contributed by atoms with Gasteiger partial charge in [-0.3, -0.25) is 4.79 Å². The lowest BCUT2D eigenvalue weighted by atomic mass is 9.98. The van der Waals surface area contributed by atoms with Gasteiger partial charge in [0.05, 0.1) is 5.56 Å². The van der Waals surface area contributed by atoms with Crippen molar-refractivity contribution >= 4 is 38.6 Å². The third kappa shape index (κ3) is 4.76. The molecule has 0 bridgehead atoms. The number of aromatic nitrogens is 1. The van der Waals surface area contributed by atoms with Crippen molar-refractivity contribution in [2.24, 2.45) is 5.14 Å². The van der Waals surface area contributed by atoms with Crippen molar-refractivity contribution in [1.82, 2.24) is 9.88 Å². The molecule has 1 aliphatic rings. The number of fused-ring (bicyclic) bond motifs is 1. The lowest BCUT2D eigenvalue weighted by Gasteiger charge is -2.28. The highest BCUT2D eigenvalue weighted by molar-refractivity contribution is 7.91. The minimum Gasteiger partial charge on any atom is -0.356 e. The van der Waals surface area contributed by atoms with Crippen LogP contribution in [0, 0.1) is 0 Å².